The molecule has 2 aromatic carbocycles. The lowest BCUT2D eigenvalue weighted by Gasteiger charge is -2.31. The molecule has 0 radical (unpaired) electrons. The number of aryl methyl sites for hydroxylation is 1. The fraction of sp³-hybridized carbons (Fsp3) is 0.434. The van der Waals surface area contributed by atoms with Crippen LogP contribution in [-0.4, -0.2) is 117 Å². The Balaban J connectivity index is 0.885. The molecule has 0 bridgehead atoms. The maximum atomic E-state index is 15.5. The first-order valence-corrected chi connectivity index (χ1v) is 25.0. The number of ether oxygens (including phenoxy) is 1. The summed E-state index contributed by atoms with van der Waals surface area (Å²) in [5.74, 6) is -5.00. The summed E-state index contributed by atoms with van der Waals surface area (Å²) in [5, 5.41) is 23.5. The Labute approximate surface area is 425 Å². The van der Waals surface area contributed by atoms with Crippen molar-refractivity contribution in [2.24, 2.45) is 5.73 Å². The number of cyclic esters (lactones) is 1. The van der Waals surface area contributed by atoms with Gasteiger partial charge in [-0.25, -0.2) is 14.2 Å². The Morgan fingerprint density at radius 1 is 0.932 bits per heavy atom. The topological polar surface area (TPSA) is 282 Å². The molecule has 3 aliphatic heterocycles. The molecule has 0 spiro atoms. The first-order valence-electron chi connectivity index (χ1n) is 25.0. The van der Waals surface area contributed by atoms with E-state index in [9.17, 15) is 48.3 Å². The highest BCUT2D eigenvalue weighted by atomic mass is 19.1. The van der Waals surface area contributed by atoms with Gasteiger partial charge in [-0.1, -0.05) is 43.7 Å². The summed E-state index contributed by atoms with van der Waals surface area (Å²) in [6.45, 7) is 2.74. The number of fused-ring (bicyclic) bond motifs is 5. The van der Waals surface area contributed by atoms with Gasteiger partial charge in [-0.05, 0) is 86.7 Å². The van der Waals surface area contributed by atoms with Crippen molar-refractivity contribution in [1.82, 2.24) is 40.6 Å². The molecule has 0 unspecified atom stereocenters. The van der Waals surface area contributed by atoms with Crippen LogP contribution in [0.1, 0.15) is 103 Å². The van der Waals surface area contributed by atoms with Gasteiger partial charge in [0.25, 0.3) is 17.4 Å². The van der Waals surface area contributed by atoms with E-state index < -0.39 is 78.2 Å². The quantitative estimate of drug-likeness (QED) is 0.0309. The molecule has 0 saturated carbocycles. The lowest BCUT2D eigenvalue weighted by Crippen LogP contribution is -2.53. The average Bonchev–Trinajstić information content (AvgIpc) is 3.95. The highest BCUT2D eigenvalue weighted by Gasteiger charge is 2.46. The zero-order chi connectivity index (χ0) is 52.8. The van der Waals surface area contributed by atoms with E-state index in [-0.39, 0.29) is 74.5 Å². The number of nitrogens with one attached hydrogen (secondary N) is 4. The number of aromatic nitrogens is 2. The SMILES string of the molecule is CC[C@@]1(O)C(=O)OCc2c1cc1n(c2=O)Cc2c-1nc1cc(F)c(C)c3c1c2[C@@H](NCCCCN(CC(N)=O)C(=O)[C@H](Cc1ccccc1)NC(=O)CNC(=O)CNC(=O)CCCCCN1C(=O)C=CC1=O)CC3. The van der Waals surface area contributed by atoms with Gasteiger partial charge in [0, 0.05) is 66.7 Å². The second-order valence-electron chi connectivity index (χ2n) is 19.1. The molecule has 8 rings (SSSR count). The molecule has 21 heteroatoms. The van der Waals surface area contributed by atoms with E-state index in [2.05, 4.69) is 21.3 Å². The second kappa shape index (κ2) is 22.6. The number of aliphatic hydroxyl groups is 1. The minimum atomic E-state index is -2.01. The summed E-state index contributed by atoms with van der Waals surface area (Å²) >= 11 is 0. The number of rotatable bonds is 23. The van der Waals surface area contributed by atoms with E-state index in [0.717, 1.165) is 32.5 Å². The van der Waals surface area contributed by atoms with Gasteiger partial charge in [-0.15, -0.1) is 0 Å². The van der Waals surface area contributed by atoms with Crippen LogP contribution >= 0.6 is 0 Å². The Kier molecular flexibility index (Phi) is 16.1. The predicted octanol–water partition coefficient (Wildman–Crippen LogP) is 1.64. The number of nitrogens with two attached hydrogens (primary N) is 1. The van der Waals surface area contributed by atoms with Crippen molar-refractivity contribution in [3.05, 3.63) is 110 Å². The molecule has 5 heterocycles. The summed E-state index contributed by atoms with van der Waals surface area (Å²) in [6.07, 6.45) is 6.25. The number of hydrogen-bond acceptors (Lipinski definition) is 13. The van der Waals surface area contributed by atoms with Gasteiger partial charge in [0.2, 0.25) is 29.5 Å². The molecular formula is C53H60FN9O11. The van der Waals surface area contributed by atoms with Crippen LogP contribution in [0.15, 0.2) is 59.4 Å². The number of esters is 1. The highest BCUT2D eigenvalue weighted by molar-refractivity contribution is 6.12. The van der Waals surface area contributed by atoms with Crippen LogP contribution in [0.2, 0.25) is 0 Å². The zero-order valence-corrected chi connectivity index (χ0v) is 41.4. The van der Waals surface area contributed by atoms with Gasteiger partial charge in [0.1, 0.15) is 18.5 Å². The highest BCUT2D eigenvalue weighted by Crippen LogP contribution is 2.46. The number of hydrogen-bond donors (Lipinski definition) is 6. The first kappa shape index (κ1) is 52.7. The zero-order valence-electron chi connectivity index (χ0n) is 41.4. The van der Waals surface area contributed by atoms with Crippen molar-refractivity contribution >= 4 is 58.2 Å². The van der Waals surface area contributed by atoms with Crippen molar-refractivity contribution in [2.75, 3.05) is 39.3 Å². The first-order chi connectivity index (χ1) is 35.5. The summed E-state index contributed by atoms with van der Waals surface area (Å²) in [6, 6.07) is 10.6. The molecule has 7 amide bonds. The normalized spacial score (nSPS) is 17.6. The summed E-state index contributed by atoms with van der Waals surface area (Å²) < 4.78 is 22.3. The Morgan fingerprint density at radius 3 is 2.39 bits per heavy atom. The van der Waals surface area contributed by atoms with Gasteiger partial charge in [0.15, 0.2) is 5.60 Å². The molecule has 4 aliphatic rings. The third-order valence-corrected chi connectivity index (χ3v) is 14.3. The monoisotopic (exact) mass is 1020 g/mol. The van der Waals surface area contributed by atoms with Crippen LogP contribution < -0.4 is 32.6 Å². The number of carbonyl (C=O) groups is 8. The van der Waals surface area contributed by atoms with Gasteiger partial charge < -0.3 is 46.3 Å². The van der Waals surface area contributed by atoms with E-state index in [4.69, 9.17) is 15.5 Å². The molecule has 4 aromatic rings. The van der Waals surface area contributed by atoms with E-state index >= 15 is 4.39 Å². The van der Waals surface area contributed by atoms with Crippen molar-refractivity contribution in [3.63, 3.8) is 0 Å². The van der Waals surface area contributed by atoms with Gasteiger partial charge >= 0.3 is 5.97 Å². The van der Waals surface area contributed by atoms with Crippen LogP contribution in [0.5, 0.6) is 0 Å². The van der Waals surface area contributed by atoms with E-state index in [1.165, 1.54) is 23.1 Å². The van der Waals surface area contributed by atoms with Crippen LogP contribution in [0.4, 0.5) is 4.39 Å². The fourth-order valence-electron chi connectivity index (χ4n) is 10.3. The van der Waals surface area contributed by atoms with E-state index in [1.54, 1.807) is 54.8 Å². The number of nitrogens with zero attached hydrogens (tertiary/aromatic N) is 4. The third kappa shape index (κ3) is 11.1. The minimum Gasteiger partial charge on any atom is -0.458 e. The standard InChI is InChI=1S/C53H60FN9O11/c1-3-53(73)35-23-40-49-33(27-63(40)50(70)34(35)29-74-52(53)72)48-37(16-15-32-30(2)36(54)24-38(60-49)47(32)48)56-19-9-11-20-61(28-41(55)64)51(71)39(22-31-12-6-4-7-13-31)59-44(67)26-58-43(66)25-57-42(65)14-8-5-10-21-62-45(68)17-18-46(62)69/h4,6-7,12-13,17-18,23-24,37,39,56,73H,3,5,8-11,14-16,19-22,25-29H2,1-2H3,(H2,55,64)(H,57,65)(H,58,66)(H,59,67)/t37-,39-,53-/m0/s1. The molecule has 20 nitrogen and oxygen atoms in total. The molecule has 74 heavy (non-hydrogen) atoms. The number of amides is 7. The number of unbranched alkanes of at least 4 members (excludes halogenated alkanes) is 3. The number of halogens is 1. The molecular weight excluding hydrogens is 958 g/mol. The van der Waals surface area contributed by atoms with Gasteiger partial charge in [0.05, 0.1) is 48.6 Å². The smallest absolute Gasteiger partial charge is 0.343 e. The van der Waals surface area contributed by atoms with Crippen LogP contribution in [0, 0.1) is 12.7 Å². The molecule has 3 atom stereocenters. The van der Waals surface area contributed by atoms with E-state index in [1.807, 2.05) is 0 Å². The maximum Gasteiger partial charge on any atom is 0.343 e. The van der Waals surface area contributed by atoms with Crippen LogP contribution in [0.3, 0.4) is 0 Å². The second-order valence-corrected chi connectivity index (χ2v) is 19.1. The molecule has 7 N–H and O–H groups in total. The lowest BCUT2D eigenvalue weighted by atomic mass is 9.81. The molecule has 0 fully saturated rings. The van der Waals surface area contributed by atoms with Crippen molar-refractivity contribution in [2.45, 2.75) is 109 Å². The molecule has 1 aliphatic carbocycles. The van der Waals surface area contributed by atoms with Gasteiger partial charge in [-0.2, -0.15) is 0 Å². The van der Waals surface area contributed by atoms with E-state index in [0.29, 0.717) is 74.0 Å². The van der Waals surface area contributed by atoms with Crippen LogP contribution in [-0.2, 0) is 74.7 Å². The fourth-order valence-corrected chi connectivity index (χ4v) is 10.3. The largest absolute Gasteiger partial charge is 0.458 e. The Bertz CT molecular complexity index is 3010. The Hall–Kier alpha value is -7.65. The summed E-state index contributed by atoms with van der Waals surface area (Å²) in [5.41, 5.74) is 8.61. The molecule has 0 saturated heterocycles. The summed E-state index contributed by atoms with van der Waals surface area (Å²) in [4.78, 5) is 122. The van der Waals surface area contributed by atoms with Gasteiger partial charge in [-0.3, -0.25) is 43.3 Å². The number of carbonyl (C=O) groups excluding carboxylic acids is 8. The number of imide groups is 1. The summed E-state index contributed by atoms with van der Waals surface area (Å²) in [7, 11) is 0. The van der Waals surface area contributed by atoms with Crippen molar-refractivity contribution in [1.29, 1.82) is 0 Å². The number of pyridine rings is 2. The number of benzene rings is 2. The Morgan fingerprint density at radius 2 is 1.66 bits per heavy atom. The molecule has 390 valence electrons. The lowest BCUT2D eigenvalue weighted by molar-refractivity contribution is -0.172. The van der Waals surface area contributed by atoms with Crippen molar-refractivity contribution < 1.29 is 52.6 Å². The average molecular weight is 1020 g/mol. The van der Waals surface area contributed by atoms with Crippen LogP contribution in [0.25, 0.3) is 22.3 Å². The minimum absolute atomic E-state index is 0.0170. The maximum absolute atomic E-state index is 15.5. The number of primary amides is 1. The third-order valence-electron chi connectivity index (χ3n) is 14.3. The van der Waals surface area contributed by atoms with Crippen molar-refractivity contribution in [3.8, 4) is 11.4 Å². The predicted molar refractivity (Wildman–Crippen MR) is 266 cm³/mol. The molecule has 2 aromatic heterocycles.